The molecule has 5 heteroatoms. The second-order valence-corrected chi connectivity index (χ2v) is 4.38. The molecule has 2 aromatic heterocycles. The summed E-state index contributed by atoms with van der Waals surface area (Å²) in [7, 11) is 0. The Morgan fingerprint density at radius 2 is 2.38 bits per heavy atom. The first kappa shape index (κ1) is 10.9. The maximum Gasteiger partial charge on any atom is 0.336 e. The molecular weight excluding hydrogens is 224 g/mol. The third-order valence-corrected chi connectivity index (χ3v) is 3.48. The number of aromatic carboxylic acids is 1. The first-order chi connectivity index (χ1) is 7.63. The van der Waals surface area contributed by atoms with E-state index in [-0.39, 0.29) is 0 Å². The quantitative estimate of drug-likeness (QED) is 0.891. The number of nitrogens with zero attached hydrogens (tertiary/aromatic N) is 2. The first-order valence-electron chi connectivity index (χ1n) is 4.98. The van der Waals surface area contributed by atoms with Crippen LogP contribution in [0.2, 0.25) is 0 Å². The Balaban J connectivity index is 2.42. The van der Waals surface area contributed by atoms with Crippen molar-refractivity contribution in [2.75, 3.05) is 0 Å². The molecule has 0 aliphatic carbocycles. The van der Waals surface area contributed by atoms with Crippen molar-refractivity contribution in [2.24, 2.45) is 0 Å². The molecule has 2 aromatic rings. The van der Waals surface area contributed by atoms with Gasteiger partial charge >= 0.3 is 5.97 Å². The molecule has 0 unspecified atom stereocenters. The Morgan fingerprint density at radius 1 is 1.62 bits per heavy atom. The van der Waals surface area contributed by atoms with Gasteiger partial charge in [0.2, 0.25) is 0 Å². The Labute approximate surface area is 97.2 Å². The van der Waals surface area contributed by atoms with E-state index in [9.17, 15) is 4.79 Å². The van der Waals surface area contributed by atoms with Crippen molar-refractivity contribution in [2.45, 2.75) is 20.4 Å². The molecule has 0 aliphatic rings. The largest absolute Gasteiger partial charge is 0.478 e. The van der Waals surface area contributed by atoms with Crippen LogP contribution >= 0.6 is 11.3 Å². The van der Waals surface area contributed by atoms with Crippen LogP contribution in [0.25, 0.3) is 10.4 Å². The zero-order chi connectivity index (χ0) is 11.7. The third kappa shape index (κ3) is 1.74. The lowest BCUT2D eigenvalue weighted by Crippen LogP contribution is -1.98. The number of rotatable bonds is 3. The van der Waals surface area contributed by atoms with Crippen molar-refractivity contribution in [3.63, 3.8) is 0 Å². The maximum atomic E-state index is 10.8. The Morgan fingerprint density at radius 3 is 2.88 bits per heavy atom. The number of hydrogen-bond donors (Lipinski definition) is 1. The summed E-state index contributed by atoms with van der Waals surface area (Å²) in [6.07, 6.45) is 1.79. The Kier molecular flexibility index (Phi) is 2.78. The van der Waals surface area contributed by atoms with Crippen LogP contribution < -0.4 is 0 Å². The lowest BCUT2D eigenvalue weighted by molar-refractivity contribution is 0.0697. The van der Waals surface area contributed by atoms with Crippen molar-refractivity contribution in [1.29, 1.82) is 0 Å². The second kappa shape index (κ2) is 4.09. The molecule has 84 valence electrons. The standard InChI is InChI=1S/C11H12N2O2S/c1-3-13-7(2)9(5-12-13)10-4-8(6-16-10)11(14)15/h4-6H,3H2,1-2H3,(H,14,15). The Hall–Kier alpha value is -1.62. The normalized spacial score (nSPS) is 10.6. The molecule has 0 atom stereocenters. The van der Waals surface area contributed by atoms with Crippen molar-refractivity contribution in [3.8, 4) is 10.4 Å². The number of carboxylic acids is 1. The fourth-order valence-corrected chi connectivity index (χ4v) is 2.54. The molecule has 2 rings (SSSR count). The summed E-state index contributed by atoms with van der Waals surface area (Å²) in [5.41, 5.74) is 2.42. The van der Waals surface area contributed by atoms with Gasteiger partial charge in [-0.1, -0.05) is 0 Å². The minimum absolute atomic E-state index is 0.337. The van der Waals surface area contributed by atoms with Crippen molar-refractivity contribution in [3.05, 3.63) is 28.9 Å². The van der Waals surface area contributed by atoms with Crippen LogP contribution in [0.15, 0.2) is 17.6 Å². The van der Waals surface area contributed by atoms with Crippen LogP contribution in [0.4, 0.5) is 0 Å². The zero-order valence-corrected chi connectivity index (χ0v) is 9.91. The van der Waals surface area contributed by atoms with E-state index in [0.29, 0.717) is 5.56 Å². The highest BCUT2D eigenvalue weighted by atomic mass is 32.1. The molecule has 0 bridgehead atoms. The van der Waals surface area contributed by atoms with E-state index in [1.54, 1.807) is 17.6 Å². The van der Waals surface area contributed by atoms with Crippen LogP contribution in [0.1, 0.15) is 23.0 Å². The highest BCUT2D eigenvalue weighted by Gasteiger charge is 2.12. The molecule has 4 nitrogen and oxygen atoms in total. The van der Waals surface area contributed by atoms with E-state index in [0.717, 1.165) is 22.7 Å². The predicted molar refractivity (Wildman–Crippen MR) is 62.9 cm³/mol. The predicted octanol–water partition coefficient (Wildman–Crippen LogP) is 2.64. The van der Waals surface area contributed by atoms with Gasteiger partial charge in [0.05, 0.1) is 11.8 Å². The van der Waals surface area contributed by atoms with Crippen LogP contribution in [0.3, 0.4) is 0 Å². The molecule has 0 saturated heterocycles. The van der Waals surface area contributed by atoms with E-state index in [2.05, 4.69) is 5.10 Å². The summed E-state index contributed by atoms with van der Waals surface area (Å²) in [4.78, 5) is 11.7. The van der Waals surface area contributed by atoms with Gasteiger partial charge in [-0.2, -0.15) is 5.10 Å². The van der Waals surface area contributed by atoms with Gasteiger partial charge in [0, 0.05) is 28.1 Å². The fraction of sp³-hybridized carbons (Fsp3) is 0.273. The fourth-order valence-electron chi connectivity index (χ4n) is 1.60. The summed E-state index contributed by atoms with van der Waals surface area (Å²) in [6.45, 7) is 4.84. The number of hydrogen-bond acceptors (Lipinski definition) is 3. The molecule has 2 heterocycles. The lowest BCUT2D eigenvalue weighted by atomic mass is 10.2. The topological polar surface area (TPSA) is 55.1 Å². The second-order valence-electron chi connectivity index (χ2n) is 3.46. The minimum Gasteiger partial charge on any atom is -0.478 e. The van der Waals surface area contributed by atoms with Gasteiger partial charge < -0.3 is 5.11 Å². The molecule has 0 amide bonds. The van der Waals surface area contributed by atoms with Crippen molar-refractivity contribution in [1.82, 2.24) is 9.78 Å². The average Bonchev–Trinajstić information content (AvgIpc) is 2.83. The van der Waals surface area contributed by atoms with Gasteiger partial charge in [-0.05, 0) is 19.9 Å². The van der Waals surface area contributed by atoms with Gasteiger partial charge in [-0.15, -0.1) is 11.3 Å². The molecule has 16 heavy (non-hydrogen) atoms. The van der Waals surface area contributed by atoms with E-state index in [1.807, 2.05) is 18.5 Å². The number of carbonyl (C=O) groups is 1. The number of aromatic nitrogens is 2. The number of carboxylic acid groups (broad SMARTS) is 1. The molecule has 0 fully saturated rings. The summed E-state index contributed by atoms with van der Waals surface area (Å²) in [5.74, 6) is -0.886. The highest BCUT2D eigenvalue weighted by Crippen LogP contribution is 2.29. The monoisotopic (exact) mass is 236 g/mol. The third-order valence-electron chi connectivity index (χ3n) is 2.51. The van der Waals surface area contributed by atoms with E-state index < -0.39 is 5.97 Å². The molecule has 0 spiro atoms. The van der Waals surface area contributed by atoms with Gasteiger partial charge in [0.25, 0.3) is 0 Å². The van der Waals surface area contributed by atoms with Crippen molar-refractivity contribution < 1.29 is 9.90 Å². The summed E-state index contributed by atoms with van der Waals surface area (Å²) < 4.78 is 1.90. The molecule has 0 radical (unpaired) electrons. The zero-order valence-electron chi connectivity index (χ0n) is 9.10. The van der Waals surface area contributed by atoms with Gasteiger partial charge in [0.1, 0.15) is 0 Å². The smallest absolute Gasteiger partial charge is 0.336 e. The Bertz CT molecular complexity index is 528. The van der Waals surface area contributed by atoms with E-state index >= 15 is 0 Å². The molecule has 0 saturated carbocycles. The molecule has 1 N–H and O–H groups in total. The summed E-state index contributed by atoms with van der Waals surface area (Å²) in [5, 5.41) is 14.7. The van der Waals surface area contributed by atoms with E-state index in [4.69, 9.17) is 5.11 Å². The van der Waals surface area contributed by atoms with Crippen LogP contribution in [0, 0.1) is 6.92 Å². The average molecular weight is 236 g/mol. The van der Waals surface area contributed by atoms with Gasteiger partial charge in [-0.25, -0.2) is 4.79 Å². The van der Waals surface area contributed by atoms with Gasteiger partial charge in [0.15, 0.2) is 0 Å². The van der Waals surface area contributed by atoms with Crippen LogP contribution in [0.5, 0.6) is 0 Å². The van der Waals surface area contributed by atoms with Gasteiger partial charge in [-0.3, -0.25) is 4.68 Å². The maximum absolute atomic E-state index is 10.8. The minimum atomic E-state index is -0.886. The molecule has 0 aromatic carbocycles. The van der Waals surface area contributed by atoms with Crippen molar-refractivity contribution >= 4 is 17.3 Å². The van der Waals surface area contributed by atoms with E-state index in [1.165, 1.54) is 11.3 Å². The van der Waals surface area contributed by atoms with Crippen LogP contribution in [-0.4, -0.2) is 20.9 Å². The van der Waals surface area contributed by atoms with Crippen LogP contribution in [-0.2, 0) is 6.54 Å². The SMILES string of the molecule is CCn1ncc(-c2cc(C(=O)O)cs2)c1C. The number of aryl methyl sites for hydroxylation is 1. The summed E-state index contributed by atoms with van der Waals surface area (Å²) in [6, 6.07) is 1.69. The first-order valence-corrected chi connectivity index (χ1v) is 5.86. The lowest BCUT2D eigenvalue weighted by Gasteiger charge is -1.99. The molecule has 0 aliphatic heterocycles. The summed E-state index contributed by atoms with van der Waals surface area (Å²) >= 11 is 1.43. The number of thiophene rings is 1. The molecular formula is C11H12N2O2S. The highest BCUT2D eigenvalue weighted by molar-refractivity contribution is 7.13.